The molecule has 0 aliphatic heterocycles. The number of fused-ring (bicyclic) bond motifs is 1. The zero-order valence-electron chi connectivity index (χ0n) is 10.8. The number of rotatable bonds is 3. The van der Waals surface area contributed by atoms with E-state index < -0.39 is 0 Å². The highest BCUT2D eigenvalue weighted by Crippen LogP contribution is 2.31. The molecule has 2 aromatic rings. The van der Waals surface area contributed by atoms with E-state index in [1.807, 2.05) is 17.6 Å². The molecule has 0 unspecified atom stereocenters. The van der Waals surface area contributed by atoms with Gasteiger partial charge in [0.25, 0.3) is 0 Å². The number of hydrogen-bond donors (Lipinski definition) is 1. The Morgan fingerprint density at radius 2 is 2.06 bits per heavy atom. The first-order valence-electron chi connectivity index (χ1n) is 6.74. The molecule has 2 heterocycles. The van der Waals surface area contributed by atoms with Gasteiger partial charge in [0, 0.05) is 5.92 Å². The first-order chi connectivity index (χ1) is 8.88. The van der Waals surface area contributed by atoms with Gasteiger partial charge in [-0.05, 0) is 32.0 Å². The maximum absolute atomic E-state index is 4.73. The lowest BCUT2D eigenvalue weighted by Crippen LogP contribution is -2.13. The Kier molecular flexibility index (Phi) is 3.23. The minimum Gasteiger partial charge on any atom is -0.313 e. The molecular weight excluding hydrogens is 226 g/mol. The Labute approximate surface area is 107 Å². The fourth-order valence-corrected chi connectivity index (χ4v) is 2.73. The fraction of sp³-hybridized carbons (Fsp3) is 0.615. The summed E-state index contributed by atoms with van der Waals surface area (Å²) in [5.74, 6) is 1.50. The highest BCUT2D eigenvalue weighted by Gasteiger charge is 2.18. The van der Waals surface area contributed by atoms with E-state index in [1.165, 1.54) is 37.8 Å². The highest BCUT2D eigenvalue weighted by atomic mass is 15.4. The molecule has 1 aliphatic rings. The van der Waals surface area contributed by atoms with Gasteiger partial charge >= 0.3 is 0 Å². The van der Waals surface area contributed by atoms with Gasteiger partial charge in [-0.1, -0.05) is 19.3 Å². The van der Waals surface area contributed by atoms with Crippen molar-refractivity contribution in [1.29, 1.82) is 0 Å². The van der Waals surface area contributed by atoms with E-state index >= 15 is 0 Å². The second-order valence-electron chi connectivity index (χ2n) is 5.01. The van der Waals surface area contributed by atoms with Gasteiger partial charge in [-0.15, -0.1) is 10.2 Å². The maximum Gasteiger partial charge on any atom is 0.177 e. The van der Waals surface area contributed by atoms with Gasteiger partial charge in [-0.3, -0.25) is 0 Å². The van der Waals surface area contributed by atoms with E-state index in [9.17, 15) is 0 Å². The van der Waals surface area contributed by atoms with Crippen LogP contribution in [0.15, 0.2) is 12.1 Å². The van der Waals surface area contributed by atoms with Crippen LogP contribution in [0.2, 0.25) is 0 Å². The molecule has 0 aromatic carbocycles. The minimum absolute atomic E-state index is 0.619. The van der Waals surface area contributed by atoms with Crippen molar-refractivity contribution in [3.8, 4) is 0 Å². The first kappa shape index (κ1) is 11.6. The molecule has 0 spiro atoms. The van der Waals surface area contributed by atoms with E-state index in [1.54, 1.807) is 0 Å². The second-order valence-corrected chi connectivity index (χ2v) is 5.01. The lowest BCUT2D eigenvalue weighted by atomic mass is 9.87. The van der Waals surface area contributed by atoms with Crippen molar-refractivity contribution in [2.45, 2.75) is 44.6 Å². The summed E-state index contributed by atoms with van der Waals surface area (Å²) >= 11 is 0. The van der Waals surface area contributed by atoms with Gasteiger partial charge in [-0.2, -0.15) is 9.61 Å². The number of aromatic nitrogens is 4. The van der Waals surface area contributed by atoms with E-state index in [-0.39, 0.29) is 0 Å². The summed E-state index contributed by atoms with van der Waals surface area (Å²) in [5, 5.41) is 16.1. The molecule has 0 radical (unpaired) electrons. The van der Waals surface area contributed by atoms with Gasteiger partial charge in [0.05, 0.1) is 12.2 Å². The van der Waals surface area contributed by atoms with Crippen molar-refractivity contribution in [3.63, 3.8) is 0 Å². The summed E-state index contributed by atoms with van der Waals surface area (Å²) in [4.78, 5) is 0. The monoisotopic (exact) mass is 245 g/mol. The van der Waals surface area contributed by atoms with Crippen molar-refractivity contribution in [2.75, 3.05) is 7.05 Å². The van der Waals surface area contributed by atoms with Crippen LogP contribution in [-0.2, 0) is 6.54 Å². The zero-order valence-corrected chi connectivity index (χ0v) is 10.8. The lowest BCUT2D eigenvalue weighted by Gasteiger charge is -2.20. The topological polar surface area (TPSA) is 55.1 Å². The van der Waals surface area contributed by atoms with Gasteiger partial charge in [0.2, 0.25) is 0 Å². The molecule has 2 aromatic heterocycles. The van der Waals surface area contributed by atoms with Crippen LogP contribution in [0.1, 0.15) is 49.5 Å². The van der Waals surface area contributed by atoms with Crippen LogP contribution < -0.4 is 5.32 Å². The van der Waals surface area contributed by atoms with Crippen LogP contribution in [0.25, 0.3) is 5.65 Å². The Balaban J connectivity index is 1.95. The van der Waals surface area contributed by atoms with Gasteiger partial charge in [0.1, 0.15) is 0 Å². The molecule has 18 heavy (non-hydrogen) atoms. The SMILES string of the molecule is CNCc1nnc2ccc(C3CCCCC3)nn12. The quantitative estimate of drug-likeness (QED) is 0.897. The maximum atomic E-state index is 4.73. The Morgan fingerprint density at radius 3 is 2.83 bits per heavy atom. The van der Waals surface area contributed by atoms with Crippen LogP contribution in [0.5, 0.6) is 0 Å². The first-order valence-corrected chi connectivity index (χ1v) is 6.74. The van der Waals surface area contributed by atoms with Crippen molar-refractivity contribution in [3.05, 3.63) is 23.7 Å². The zero-order chi connectivity index (χ0) is 12.4. The van der Waals surface area contributed by atoms with E-state index in [0.717, 1.165) is 11.5 Å². The molecule has 3 rings (SSSR count). The smallest absolute Gasteiger partial charge is 0.177 e. The molecule has 1 N–H and O–H groups in total. The molecular formula is C13H19N5. The van der Waals surface area contributed by atoms with Gasteiger partial charge in [0.15, 0.2) is 11.5 Å². The standard InChI is InChI=1S/C13H19N5/c1-14-9-13-16-15-12-8-7-11(17-18(12)13)10-5-3-2-4-6-10/h7-8,10,14H,2-6,9H2,1H3. The van der Waals surface area contributed by atoms with Crippen LogP contribution in [-0.4, -0.2) is 26.9 Å². The molecule has 0 saturated heterocycles. The van der Waals surface area contributed by atoms with Crippen molar-refractivity contribution in [1.82, 2.24) is 25.1 Å². The summed E-state index contributed by atoms with van der Waals surface area (Å²) in [6.07, 6.45) is 6.56. The summed E-state index contributed by atoms with van der Waals surface area (Å²) in [6, 6.07) is 4.15. The third-order valence-corrected chi connectivity index (χ3v) is 3.71. The molecule has 0 atom stereocenters. The van der Waals surface area contributed by atoms with E-state index in [2.05, 4.69) is 21.6 Å². The second kappa shape index (κ2) is 5.02. The van der Waals surface area contributed by atoms with Crippen molar-refractivity contribution >= 4 is 5.65 Å². The van der Waals surface area contributed by atoms with E-state index in [0.29, 0.717) is 12.5 Å². The Hall–Kier alpha value is -1.49. The predicted octanol–water partition coefficient (Wildman–Crippen LogP) is 1.89. The van der Waals surface area contributed by atoms with Crippen LogP contribution >= 0.6 is 0 Å². The predicted molar refractivity (Wildman–Crippen MR) is 69.4 cm³/mol. The number of nitrogens with one attached hydrogen (secondary N) is 1. The molecule has 1 saturated carbocycles. The number of hydrogen-bond acceptors (Lipinski definition) is 4. The molecule has 96 valence electrons. The average molecular weight is 245 g/mol. The largest absolute Gasteiger partial charge is 0.313 e. The Morgan fingerprint density at radius 1 is 1.22 bits per heavy atom. The summed E-state index contributed by atoms with van der Waals surface area (Å²) in [5.41, 5.74) is 2.03. The van der Waals surface area contributed by atoms with Crippen LogP contribution in [0, 0.1) is 0 Å². The molecule has 1 fully saturated rings. The van der Waals surface area contributed by atoms with Crippen LogP contribution in [0.3, 0.4) is 0 Å². The van der Waals surface area contributed by atoms with Gasteiger partial charge < -0.3 is 5.32 Å². The summed E-state index contributed by atoms with van der Waals surface area (Å²) in [7, 11) is 1.91. The highest BCUT2D eigenvalue weighted by molar-refractivity contribution is 5.36. The molecule has 5 heteroatoms. The minimum atomic E-state index is 0.619. The normalized spacial score (nSPS) is 17.4. The fourth-order valence-electron chi connectivity index (χ4n) is 2.73. The molecule has 1 aliphatic carbocycles. The van der Waals surface area contributed by atoms with Crippen LogP contribution in [0.4, 0.5) is 0 Å². The molecule has 5 nitrogen and oxygen atoms in total. The third kappa shape index (κ3) is 2.10. The van der Waals surface area contributed by atoms with Crippen molar-refractivity contribution in [2.24, 2.45) is 0 Å². The molecule has 0 amide bonds. The Bertz CT molecular complexity index is 527. The van der Waals surface area contributed by atoms with Gasteiger partial charge in [-0.25, -0.2) is 0 Å². The van der Waals surface area contributed by atoms with E-state index in [4.69, 9.17) is 5.10 Å². The number of nitrogens with zero attached hydrogens (tertiary/aromatic N) is 4. The third-order valence-electron chi connectivity index (χ3n) is 3.71. The lowest BCUT2D eigenvalue weighted by molar-refractivity contribution is 0.432. The summed E-state index contributed by atoms with van der Waals surface area (Å²) < 4.78 is 1.88. The van der Waals surface area contributed by atoms with Crippen molar-refractivity contribution < 1.29 is 0 Å². The average Bonchev–Trinajstić information content (AvgIpc) is 2.83. The molecule has 0 bridgehead atoms. The summed E-state index contributed by atoms with van der Waals surface area (Å²) in [6.45, 7) is 0.697.